The quantitative estimate of drug-likeness (QED) is 0.204. The first-order chi connectivity index (χ1) is 18.1. The number of phosphoric ester groups is 1. The van der Waals surface area contributed by atoms with Crippen molar-refractivity contribution in [2.24, 2.45) is 0 Å². The molecule has 5 aromatic rings. The van der Waals surface area contributed by atoms with Gasteiger partial charge in [0.15, 0.2) is 0 Å². The Bertz CT molecular complexity index is 1370. The van der Waals surface area contributed by atoms with Crippen LogP contribution in [0.3, 0.4) is 0 Å². The second-order valence-corrected chi connectivity index (χ2v) is 10.1. The first kappa shape index (κ1) is 24.7. The van der Waals surface area contributed by atoms with Gasteiger partial charge in [0, 0.05) is 5.92 Å². The molecule has 0 aliphatic rings. The maximum absolute atomic E-state index is 12.7. The maximum Gasteiger partial charge on any atom is 0.527 e. The molecule has 37 heavy (non-hydrogen) atoms. The van der Waals surface area contributed by atoms with Crippen LogP contribution >= 0.6 is 7.82 Å². The summed E-state index contributed by atoms with van der Waals surface area (Å²) in [5.41, 5.74) is 6.42. The lowest BCUT2D eigenvalue weighted by Crippen LogP contribution is -2.10. The molecule has 0 saturated heterocycles. The van der Waals surface area contributed by atoms with Crippen molar-refractivity contribution in [3.8, 4) is 28.0 Å². The van der Waals surface area contributed by atoms with Crippen molar-refractivity contribution in [2.45, 2.75) is 5.92 Å². The zero-order chi connectivity index (χ0) is 25.5. The van der Waals surface area contributed by atoms with Crippen molar-refractivity contribution in [3.63, 3.8) is 0 Å². The summed E-state index contributed by atoms with van der Waals surface area (Å²) in [6, 6.07) is 45.3. The summed E-state index contributed by atoms with van der Waals surface area (Å²) >= 11 is 0. The van der Waals surface area contributed by atoms with Gasteiger partial charge in [-0.2, -0.15) is 0 Å². The molecule has 0 radical (unpaired) electrons. The van der Waals surface area contributed by atoms with Crippen LogP contribution in [0.4, 0.5) is 0 Å². The number of hydrogen-bond acceptors (Lipinski definition) is 3. The van der Waals surface area contributed by atoms with Crippen LogP contribution in [0.5, 0.6) is 5.75 Å². The molecule has 0 amide bonds. The van der Waals surface area contributed by atoms with E-state index in [1.165, 1.54) is 0 Å². The average molecular weight is 507 g/mol. The highest BCUT2D eigenvalue weighted by Gasteiger charge is 2.26. The molecule has 0 aliphatic heterocycles. The van der Waals surface area contributed by atoms with Crippen LogP contribution in [0.2, 0.25) is 0 Å². The zero-order valence-corrected chi connectivity index (χ0v) is 21.1. The van der Waals surface area contributed by atoms with Gasteiger partial charge in [0.05, 0.1) is 6.61 Å². The van der Waals surface area contributed by atoms with E-state index in [9.17, 15) is 9.46 Å². The molecule has 0 spiro atoms. The van der Waals surface area contributed by atoms with Gasteiger partial charge in [0.2, 0.25) is 0 Å². The van der Waals surface area contributed by atoms with Gasteiger partial charge in [0.25, 0.3) is 0 Å². The minimum Gasteiger partial charge on any atom is -0.404 e. The Labute approximate surface area is 217 Å². The lowest BCUT2D eigenvalue weighted by atomic mass is 9.90. The summed E-state index contributed by atoms with van der Waals surface area (Å²) in [6.45, 7) is -0.0179. The molecule has 0 fully saturated rings. The van der Waals surface area contributed by atoms with Crippen molar-refractivity contribution in [2.75, 3.05) is 6.61 Å². The second kappa shape index (κ2) is 11.4. The van der Waals surface area contributed by atoms with E-state index in [0.29, 0.717) is 0 Å². The molecule has 0 bridgehead atoms. The van der Waals surface area contributed by atoms with E-state index in [0.717, 1.165) is 33.4 Å². The van der Waals surface area contributed by atoms with Gasteiger partial charge in [-0.25, -0.2) is 4.57 Å². The third-order valence-electron chi connectivity index (χ3n) is 6.21. The highest BCUT2D eigenvalue weighted by Crippen LogP contribution is 2.45. The topological polar surface area (TPSA) is 55.8 Å². The van der Waals surface area contributed by atoms with Gasteiger partial charge in [-0.05, 0) is 45.5 Å². The van der Waals surface area contributed by atoms with Crippen LogP contribution in [0, 0.1) is 0 Å². The fraction of sp³-hybridized carbons (Fsp3) is 0.0625. The van der Waals surface area contributed by atoms with Crippen molar-refractivity contribution >= 4 is 7.82 Å². The maximum atomic E-state index is 12.7. The highest BCUT2D eigenvalue weighted by atomic mass is 31.2. The summed E-state index contributed by atoms with van der Waals surface area (Å²) in [6.07, 6.45) is 0. The lowest BCUT2D eigenvalue weighted by Gasteiger charge is -2.21. The molecule has 4 nitrogen and oxygen atoms in total. The Balaban J connectivity index is 1.41. The van der Waals surface area contributed by atoms with Crippen molar-refractivity contribution in [1.29, 1.82) is 0 Å². The number of hydrogen-bond donors (Lipinski definition) is 1. The molecule has 5 heteroatoms. The zero-order valence-electron chi connectivity index (χ0n) is 20.2. The van der Waals surface area contributed by atoms with Crippen LogP contribution in [0.25, 0.3) is 22.3 Å². The molecule has 1 N–H and O–H groups in total. The van der Waals surface area contributed by atoms with Crippen LogP contribution in [0.1, 0.15) is 17.0 Å². The summed E-state index contributed by atoms with van der Waals surface area (Å²) < 4.78 is 23.5. The van der Waals surface area contributed by atoms with Gasteiger partial charge in [-0.3, -0.25) is 9.42 Å². The second-order valence-electron chi connectivity index (χ2n) is 8.70. The van der Waals surface area contributed by atoms with E-state index < -0.39 is 7.82 Å². The Morgan fingerprint density at radius 2 is 0.919 bits per heavy atom. The SMILES string of the molecule is O=P(O)(OCC(c1ccc(-c2ccccc2)cc1)c1ccc(-c2ccccc2)cc1)Oc1ccccc1. The monoisotopic (exact) mass is 506 g/mol. The molecule has 0 saturated carbocycles. The van der Waals surface area contributed by atoms with E-state index >= 15 is 0 Å². The van der Waals surface area contributed by atoms with Crippen molar-refractivity contribution in [1.82, 2.24) is 0 Å². The average Bonchev–Trinajstić information content (AvgIpc) is 2.95. The Morgan fingerprint density at radius 3 is 1.35 bits per heavy atom. The van der Waals surface area contributed by atoms with Crippen molar-refractivity contribution < 1.29 is 18.5 Å². The van der Waals surface area contributed by atoms with E-state index in [4.69, 9.17) is 9.05 Å². The third-order valence-corrected chi connectivity index (χ3v) is 7.13. The van der Waals surface area contributed by atoms with Gasteiger partial charge in [0.1, 0.15) is 5.75 Å². The summed E-state index contributed by atoms with van der Waals surface area (Å²) in [5.74, 6) is 0.0128. The molecule has 0 aromatic heterocycles. The molecule has 1 atom stereocenters. The molecule has 184 valence electrons. The molecule has 1 unspecified atom stereocenters. The van der Waals surface area contributed by atoms with Gasteiger partial charge < -0.3 is 4.52 Å². The van der Waals surface area contributed by atoms with Crippen molar-refractivity contribution in [3.05, 3.63) is 151 Å². The summed E-state index contributed by atoms with van der Waals surface area (Å²) in [7, 11) is -4.32. The third kappa shape index (κ3) is 6.44. The van der Waals surface area contributed by atoms with E-state index in [-0.39, 0.29) is 18.3 Å². The van der Waals surface area contributed by atoms with E-state index in [1.807, 2.05) is 66.7 Å². The predicted molar refractivity (Wildman–Crippen MR) is 148 cm³/mol. The van der Waals surface area contributed by atoms with Crippen LogP contribution in [0.15, 0.2) is 140 Å². The van der Waals surface area contributed by atoms with Gasteiger partial charge >= 0.3 is 7.82 Å². The molecule has 0 aliphatic carbocycles. The largest absolute Gasteiger partial charge is 0.527 e. The molecule has 5 aromatic carbocycles. The summed E-state index contributed by atoms with van der Waals surface area (Å²) in [4.78, 5) is 10.4. The first-order valence-corrected chi connectivity index (χ1v) is 13.6. The van der Waals surface area contributed by atoms with Gasteiger partial charge in [-0.15, -0.1) is 0 Å². The van der Waals surface area contributed by atoms with Crippen LogP contribution in [-0.4, -0.2) is 11.5 Å². The standard InChI is InChI=1S/C32H27O4P/c33-37(34,36-31-14-8-3-9-15-31)35-24-32(29-20-16-27(17-21-29)25-10-4-1-5-11-25)30-22-18-28(19-23-30)26-12-6-2-7-13-26/h1-23,32H,24H2,(H,33,34). The lowest BCUT2D eigenvalue weighted by molar-refractivity contribution is 0.198. The number of para-hydroxylation sites is 1. The minimum absolute atomic E-state index is 0.0179. The molecular weight excluding hydrogens is 479 g/mol. The Hall–Kier alpha value is -3.95. The number of phosphoric acid groups is 1. The molecule has 0 heterocycles. The number of rotatable bonds is 9. The minimum atomic E-state index is -4.32. The predicted octanol–water partition coefficient (Wildman–Crippen LogP) is 8.35. The van der Waals surface area contributed by atoms with Crippen LogP contribution in [-0.2, 0) is 9.09 Å². The fourth-order valence-corrected chi connectivity index (χ4v) is 5.05. The highest BCUT2D eigenvalue weighted by molar-refractivity contribution is 7.47. The normalized spacial score (nSPS) is 12.7. The van der Waals surface area contributed by atoms with E-state index in [2.05, 4.69) is 48.5 Å². The Kier molecular flexibility index (Phi) is 7.62. The van der Waals surface area contributed by atoms with E-state index in [1.54, 1.807) is 24.3 Å². The fourth-order valence-electron chi connectivity index (χ4n) is 4.27. The summed E-state index contributed by atoms with van der Waals surface area (Å²) in [5, 5.41) is 0. The Morgan fingerprint density at radius 1 is 0.541 bits per heavy atom. The first-order valence-electron chi connectivity index (χ1n) is 12.1. The number of benzene rings is 5. The molecular formula is C32H27O4P. The molecule has 5 rings (SSSR count). The smallest absolute Gasteiger partial charge is 0.404 e. The van der Waals surface area contributed by atoms with Crippen LogP contribution < -0.4 is 4.52 Å². The van der Waals surface area contributed by atoms with Gasteiger partial charge in [-0.1, -0.05) is 127 Å².